The highest BCUT2D eigenvalue weighted by atomic mass is 19.1. The van der Waals surface area contributed by atoms with Gasteiger partial charge in [0.2, 0.25) is 0 Å². The van der Waals surface area contributed by atoms with Crippen LogP contribution in [0.25, 0.3) is 38.1 Å². The van der Waals surface area contributed by atoms with E-state index in [2.05, 4.69) is 10.3 Å². The molecule has 0 atom stereocenters. The Balaban J connectivity index is 1.41. The molecule has 3 aromatic carbocycles. The molecule has 0 aliphatic heterocycles. The number of nitrogens with one attached hydrogen (secondary N) is 1. The van der Waals surface area contributed by atoms with Crippen LogP contribution in [0.4, 0.5) is 10.1 Å². The lowest BCUT2D eigenvalue weighted by atomic mass is 10.1. The number of carbonyl (C=O) groups excluding carboxylic acids is 1. The van der Waals surface area contributed by atoms with Gasteiger partial charge in [0.1, 0.15) is 11.6 Å². The van der Waals surface area contributed by atoms with Gasteiger partial charge in [0, 0.05) is 27.7 Å². The Morgan fingerprint density at radius 2 is 1.73 bits per heavy atom. The van der Waals surface area contributed by atoms with Crippen LogP contribution in [0, 0.1) is 5.82 Å². The Hall–Kier alpha value is -4.52. The molecule has 0 bridgehead atoms. The lowest BCUT2D eigenvalue weighted by Gasteiger charge is -2.08. The van der Waals surface area contributed by atoms with Crippen LogP contribution in [0.3, 0.4) is 0 Å². The summed E-state index contributed by atoms with van der Waals surface area (Å²) in [6.45, 7) is -0.282. The molecule has 3 heterocycles. The summed E-state index contributed by atoms with van der Waals surface area (Å²) in [6, 6.07) is 20.6. The number of aromatic nitrogens is 2. The van der Waals surface area contributed by atoms with Gasteiger partial charge in [-0.15, -0.1) is 0 Å². The Bertz CT molecular complexity index is 1760. The molecule has 7 heteroatoms. The Morgan fingerprint density at radius 3 is 2.58 bits per heavy atom. The third-order valence-electron chi connectivity index (χ3n) is 5.78. The fourth-order valence-electron chi connectivity index (χ4n) is 4.34. The average molecular weight is 437 g/mol. The van der Waals surface area contributed by atoms with Crippen LogP contribution in [0.15, 0.2) is 83.8 Å². The van der Waals surface area contributed by atoms with E-state index in [0.29, 0.717) is 11.1 Å². The van der Waals surface area contributed by atoms with Gasteiger partial charge in [-0.3, -0.25) is 19.0 Å². The molecule has 0 aliphatic rings. The number of para-hydroxylation sites is 1. The summed E-state index contributed by atoms with van der Waals surface area (Å²) in [4.78, 5) is 30.1. The molecular formula is C26H16FN3O3. The Morgan fingerprint density at radius 1 is 0.939 bits per heavy atom. The molecule has 0 aliphatic carbocycles. The van der Waals surface area contributed by atoms with Crippen molar-refractivity contribution in [3.05, 3.63) is 95.2 Å². The van der Waals surface area contributed by atoms with Crippen molar-refractivity contribution in [2.75, 3.05) is 11.9 Å². The zero-order chi connectivity index (χ0) is 22.5. The SMILES string of the molecule is O=C(COc1ccc2c(c1)c1ccnc3c4ccccc4c(=O)n2c13)Nc1ccccc1F. The van der Waals surface area contributed by atoms with Crippen molar-refractivity contribution in [3.8, 4) is 5.75 Å². The van der Waals surface area contributed by atoms with Crippen LogP contribution >= 0.6 is 0 Å². The lowest BCUT2D eigenvalue weighted by Crippen LogP contribution is -2.20. The van der Waals surface area contributed by atoms with E-state index in [9.17, 15) is 14.0 Å². The summed E-state index contributed by atoms with van der Waals surface area (Å²) in [5.74, 6) is -0.522. The predicted octanol–water partition coefficient (Wildman–Crippen LogP) is 4.75. The van der Waals surface area contributed by atoms with Crippen LogP contribution in [0.5, 0.6) is 5.75 Å². The monoisotopic (exact) mass is 437 g/mol. The molecule has 1 N–H and O–H groups in total. The zero-order valence-corrected chi connectivity index (χ0v) is 17.2. The first-order valence-electron chi connectivity index (χ1n) is 10.4. The number of rotatable bonds is 4. The second-order valence-electron chi connectivity index (χ2n) is 7.74. The number of pyridine rings is 2. The number of benzene rings is 3. The summed E-state index contributed by atoms with van der Waals surface area (Å²) < 4.78 is 21.1. The first-order valence-corrected chi connectivity index (χ1v) is 10.4. The van der Waals surface area contributed by atoms with Crippen molar-refractivity contribution in [3.63, 3.8) is 0 Å². The number of halogens is 1. The Kier molecular flexibility index (Phi) is 4.23. The van der Waals surface area contributed by atoms with Crippen molar-refractivity contribution < 1.29 is 13.9 Å². The highest BCUT2D eigenvalue weighted by Gasteiger charge is 2.18. The van der Waals surface area contributed by atoms with Gasteiger partial charge in [0.15, 0.2) is 6.61 Å². The normalized spacial score (nSPS) is 11.5. The van der Waals surface area contributed by atoms with Gasteiger partial charge in [-0.25, -0.2) is 4.39 Å². The van der Waals surface area contributed by atoms with E-state index in [1.54, 1.807) is 47.0 Å². The average Bonchev–Trinajstić information content (AvgIpc) is 3.17. The molecule has 33 heavy (non-hydrogen) atoms. The summed E-state index contributed by atoms with van der Waals surface area (Å²) >= 11 is 0. The van der Waals surface area contributed by atoms with Gasteiger partial charge in [-0.2, -0.15) is 0 Å². The molecule has 0 fully saturated rings. The highest BCUT2D eigenvalue weighted by molar-refractivity contribution is 6.18. The summed E-state index contributed by atoms with van der Waals surface area (Å²) in [7, 11) is 0. The minimum atomic E-state index is -0.513. The Labute approximate surface area is 186 Å². The van der Waals surface area contributed by atoms with E-state index in [1.807, 2.05) is 24.3 Å². The molecule has 6 nitrogen and oxygen atoms in total. The maximum atomic E-state index is 13.7. The third kappa shape index (κ3) is 2.97. The van der Waals surface area contributed by atoms with E-state index in [0.717, 1.165) is 32.7 Å². The van der Waals surface area contributed by atoms with Gasteiger partial charge in [0.05, 0.1) is 22.2 Å². The van der Waals surface area contributed by atoms with E-state index < -0.39 is 11.7 Å². The molecule has 160 valence electrons. The van der Waals surface area contributed by atoms with Crippen LogP contribution < -0.4 is 15.6 Å². The molecule has 0 saturated carbocycles. The lowest BCUT2D eigenvalue weighted by molar-refractivity contribution is -0.118. The van der Waals surface area contributed by atoms with Crippen LogP contribution in [0.1, 0.15) is 0 Å². The second kappa shape index (κ2) is 7.27. The van der Waals surface area contributed by atoms with Crippen LogP contribution in [-0.4, -0.2) is 21.9 Å². The number of hydrogen-bond acceptors (Lipinski definition) is 4. The zero-order valence-electron chi connectivity index (χ0n) is 17.2. The highest BCUT2D eigenvalue weighted by Crippen LogP contribution is 2.34. The van der Waals surface area contributed by atoms with E-state index in [4.69, 9.17) is 4.74 Å². The molecular weight excluding hydrogens is 421 g/mol. The quantitative estimate of drug-likeness (QED) is 0.404. The van der Waals surface area contributed by atoms with Crippen LogP contribution in [-0.2, 0) is 4.79 Å². The molecule has 0 saturated heterocycles. The van der Waals surface area contributed by atoms with Crippen molar-refractivity contribution in [2.45, 2.75) is 0 Å². The number of nitrogens with zero attached hydrogens (tertiary/aromatic N) is 2. The molecule has 0 spiro atoms. The van der Waals surface area contributed by atoms with Gasteiger partial charge in [0.25, 0.3) is 11.5 Å². The summed E-state index contributed by atoms with van der Waals surface area (Å²) in [5.41, 5.74) is 2.24. The van der Waals surface area contributed by atoms with Crippen molar-refractivity contribution in [1.29, 1.82) is 0 Å². The van der Waals surface area contributed by atoms with Gasteiger partial charge in [-0.05, 0) is 42.5 Å². The second-order valence-corrected chi connectivity index (χ2v) is 7.74. The smallest absolute Gasteiger partial charge is 0.263 e. The molecule has 3 aromatic heterocycles. The topological polar surface area (TPSA) is 72.7 Å². The maximum absolute atomic E-state index is 13.7. The number of fused-ring (bicyclic) bond motifs is 5. The predicted molar refractivity (Wildman–Crippen MR) is 126 cm³/mol. The first kappa shape index (κ1) is 19.2. The molecule has 6 rings (SSSR count). The molecule has 1 amide bonds. The molecule has 0 unspecified atom stereocenters. The van der Waals surface area contributed by atoms with E-state index >= 15 is 0 Å². The number of anilines is 1. The fraction of sp³-hybridized carbons (Fsp3) is 0.0385. The van der Waals surface area contributed by atoms with E-state index in [-0.39, 0.29) is 17.9 Å². The number of ether oxygens (including phenoxy) is 1. The van der Waals surface area contributed by atoms with Crippen molar-refractivity contribution in [1.82, 2.24) is 9.38 Å². The van der Waals surface area contributed by atoms with Gasteiger partial charge in [-0.1, -0.05) is 30.3 Å². The van der Waals surface area contributed by atoms with E-state index in [1.165, 1.54) is 12.1 Å². The summed E-state index contributed by atoms with van der Waals surface area (Å²) in [5, 5.41) is 5.61. The third-order valence-corrected chi connectivity index (χ3v) is 5.78. The van der Waals surface area contributed by atoms with Gasteiger partial charge >= 0.3 is 0 Å². The number of hydrogen-bond donors (Lipinski definition) is 1. The number of carbonyl (C=O) groups is 1. The maximum Gasteiger partial charge on any atom is 0.263 e. The number of amides is 1. The van der Waals surface area contributed by atoms with Gasteiger partial charge < -0.3 is 10.1 Å². The molecule has 6 aromatic rings. The standard InChI is InChI=1S/C26H16FN3O3/c27-20-7-3-4-8-21(20)29-23(31)14-33-15-9-10-22-19(13-15)17-11-12-28-24-16-5-1-2-6-18(16)26(32)30(22)25(17)24/h1-13H,14H2,(H,29,31). The minimum Gasteiger partial charge on any atom is -0.484 e. The first-order chi connectivity index (χ1) is 16.1. The van der Waals surface area contributed by atoms with Crippen molar-refractivity contribution in [2.24, 2.45) is 0 Å². The van der Waals surface area contributed by atoms with Crippen LogP contribution in [0.2, 0.25) is 0 Å². The largest absolute Gasteiger partial charge is 0.484 e. The fourth-order valence-corrected chi connectivity index (χ4v) is 4.34. The summed E-state index contributed by atoms with van der Waals surface area (Å²) in [6.07, 6.45) is 1.73. The minimum absolute atomic E-state index is 0.0983. The van der Waals surface area contributed by atoms with Crippen molar-refractivity contribution >= 4 is 49.7 Å². The molecule has 0 radical (unpaired) electrons.